The van der Waals surface area contributed by atoms with E-state index in [4.69, 9.17) is 4.74 Å². The minimum atomic E-state index is 0.786. The van der Waals surface area contributed by atoms with Gasteiger partial charge in [0.15, 0.2) is 0 Å². The Morgan fingerprint density at radius 1 is 1.56 bits per heavy atom. The number of hydrogen-bond donors (Lipinski definition) is 1. The summed E-state index contributed by atoms with van der Waals surface area (Å²) in [6.45, 7) is 3.52. The Balaban J connectivity index is 1.65. The van der Waals surface area contributed by atoms with Crippen molar-refractivity contribution in [3.63, 3.8) is 0 Å². The van der Waals surface area contributed by atoms with E-state index in [1.807, 2.05) is 24.0 Å². The van der Waals surface area contributed by atoms with Crippen molar-refractivity contribution >= 4 is 0 Å². The second-order valence-electron chi connectivity index (χ2n) is 4.07. The number of rotatable bonds is 5. The molecule has 2 rings (SSSR count). The highest BCUT2D eigenvalue weighted by molar-refractivity contribution is 5.04. The Bertz CT molecular complexity index is 357. The van der Waals surface area contributed by atoms with E-state index in [1.54, 1.807) is 0 Å². The van der Waals surface area contributed by atoms with Gasteiger partial charge in [-0.3, -0.25) is 0 Å². The molecule has 0 fully saturated rings. The second kappa shape index (κ2) is 5.82. The topological polar surface area (TPSA) is 39.1 Å². The summed E-state index contributed by atoms with van der Waals surface area (Å²) in [7, 11) is 2.02. The third kappa shape index (κ3) is 3.18. The van der Waals surface area contributed by atoms with Crippen molar-refractivity contribution in [1.29, 1.82) is 0 Å². The first kappa shape index (κ1) is 11.4. The predicted molar refractivity (Wildman–Crippen MR) is 63.1 cm³/mol. The molecule has 0 aromatic carbocycles. The van der Waals surface area contributed by atoms with Crippen molar-refractivity contribution in [3.05, 3.63) is 29.9 Å². The molecule has 16 heavy (non-hydrogen) atoms. The minimum absolute atomic E-state index is 0.786. The molecule has 0 aliphatic carbocycles. The van der Waals surface area contributed by atoms with Gasteiger partial charge in [0.25, 0.3) is 0 Å². The quantitative estimate of drug-likeness (QED) is 0.601. The molecular formula is C12H19N3O. The minimum Gasteiger partial charge on any atom is -0.377 e. The first-order chi connectivity index (χ1) is 7.86. The molecule has 0 saturated carbocycles. The summed E-state index contributed by atoms with van der Waals surface area (Å²) in [5.41, 5.74) is 1.51. The molecule has 0 radical (unpaired) electrons. The molecule has 0 amide bonds. The lowest BCUT2D eigenvalue weighted by Crippen LogP contribution is -2.18. The highest BCUT2D eigenvalue weighted by Gasteiger charge is 2.03. The molecule has 1 aromatic rings. The lowest BCUT2D eigenvalue weighted by atomic mass is 10.1. The van der Waals surface area contributed by atoms with E-state index in [0.29, 0.717) is 0 Å². The molecule has 0 unspecified atom stereocenters. The van der Waals surface area contributed by atoms with Gasteiger partial charge in [-0.15, -0.1) is 0 Å². The van der Waals surface area contributed by atoms with Gasteiger partial charge in [0.05, 0.1) is 19.8 Å². The zero-order valence-corrected chi connectivity index (χ0v) is 9.78. The lowest BCUT2D eigenvalue weighted by Gasteiger charge is -2.13. The molecule has 1 aromatic heterocycles. The van der Waals surface area contributed by atoms with E-state index in [-0.39, 0.29) is 0 Å². The molecule has 0 saturated heterocycles. The van der Waals surface area contributed by atoms with Crippen molar-refractivity contribution in [3.8, 4) is 0 Å². The van der Waals surface area contributed by atoms with Gasteiger partial charge in [0, 0.05) is 19.4 Å². The Morgan fingerprint density at radius 3 is 3.19 bits per heavy atom. The molecular weight excluding hydrogens is 202 g/mol. The molecule has 4 heteroatoms. The molecule has 2 heterocycles. The normalized spacial score (nSPS) is 16.2. The molecule has 1 aliphatic heterocycles. The lowest BCUT2D eigenvalue weighted by molar-refractivity contribution is 0.153. The van der Waals surface area contributed by atoms with Gasteiger partial charge in [-0.1, -0.05) is 11.6 Å². The molecule has 88 valence electrons. The van der Waals surface area contributed by atoms with Gasteiger partial charge >= 0.3 is 0 Å². The number of aryl methyl sites for hydroxylation is 1. The van der Waals surface area contributed by atoms with Crippen LogP contribution in [0.4, 0.5) is 0 Å². The number of aromatic nitrogens is 2. The van der Waals surface area contributed by atoms with E-state index in [2.05, 4.69) is 16.4 Å². The maximum atomic E-state index is 5.27. The van der Waals surface area contributed by atoms with Gasteiger partial charge in [-0.25, -0.2) is 4.98 Å². The maximum Gasteiger partial charge on any atom is 0.122 e. The predicted octanol–water partition coefficient (Wildman–Crippen LogP) is 1.25. The van der Waals surface area contributed by atoms with Crippen LogP contribution in [0.25, 0.3) is 0 Å². The number of nitrogens with one attached hydrogen (secondary N) is 1. The van der Waals surface area contributed by atoms with Gasteiger partial charge in [-0.05, 0) is 19.4 Å². The van der Waals surface area contributed by atoms with Crippen LogP contribution in [0, 0.1) is 0 Å². The van der Waals surface area contributed by atoms with Crippen LogP contribution in [-0.2, 0) is 18.3 Å². The summed E-state index contributed by atoms with van der Waals surface area (Å²) < 4.78 is 7.31. The number of hydrogen-bond acceptors (Lipinski definition) is 3. The Hall–Kier alpha value is -1.13. The maximum absolute atomic E-state index is 5.27. The van der Waals surface area contributed by atoms with Crippen molar-refractivity contribution in [2.45, 2.75) is 19.4 Å². The van der Waals surface area contributed by atoms with Crippen molar-refractivity contribution < 1.29 is 4.74 Å². The van der Waals surface area contributed by atoms with Gasteiger partial charge in [0.2, 0.25) is 0 Å². The fourth-order valence-corrected chi connectivity index (χ4v) is 1.81. The van der Waals surface area contributed by atoms with Crippen LogP contribution >= 0.6 is 0 Å². The van der Waals surface area contributed by atoms with Crippen LogP contribution in [0.3, 0.4) is 0 Å². The molecule has 4 nitrogen and oxygen atoms in total. The van der Waals surface area contributed by atoms with Gasteiger partial charge < -0.3 is 14.6 Å². The first-order valence-corrected chi connectivity index (χ1v) is 5.79. The van der Waals surface area contributed by atoms with Crippen LogP contribution in [0.5, 0.6) is 0 Å². The van der Waals surface area contributed by atoms with E-state index in [9.17, 15) is 0 Å². The van der Waals surface area contributed by atoms with Crippen molar-refractivity contribution in [2.24, 2.45) is 7.05 Å². The zero-order valence-electron chi connectivity index (χ0n) is 9.78. The third-order valence-corrected chi connectivity index (χ3v) is 2.88. The number of nitrogens with zero attached hydrogens (tertiary/aromatic N) is 2. The third-order valence-electron chi connectivity index (χ3n) is 2.88. The standard InChI is InChI=1S/C12H19N3O/c1-15-7-6-14-12(15)10-13-5-2-11-3-8-16-9-4-11/h3,6-7,13H,2,4-5,8-10H2,1H3. The van der Waals surface area contributed by atoms with Crippen LogP contribution < -0.4 is 5.32 Å². The van der Waals surface area contributed by atoms with E-state index < -0.39 is 0 Å². The molecule has 0 bridgehead atoms. The molecule has 1 N–H and O–H groups in total. The Labute approximate surface area is 96.3 Å². The first-order valence-electron chi connectivity index (χ1n) is 5.79. The molecule has 0 spiro atoms. The zero-order chi connectivity index (χ0) is 11.2. The average Bonchev–Trinajstić information content (AvgIpc) is 2.72. The molecule has 1 aliphatic rings. The highest BCUT2D eigenvalue weighted by Crippen LogP contribution is 2.10. The largest absolute Gasteiger partial charge is 0.377 e. The summed E-state index contributed by atoms with van der Waals surface area (Å²) >= 11 is 0. The average molecular weight is 221 g/mol. The number of imidazole rings is 1. The summed E-state index contributed by atoms with van der Waals surface area (Å²) in [5.74, 6) is 1.08. The van der Waals surface area contributed by atoms with Gasteiger partial charge in [-0.2, -0.15) is 0 Å². The smallest absolute Gasteiger partial charge is 0.122 e. The highest BCUT2D eigenvalue weighted by atomic mass is 16.5. The van der Waals surface area contributed by atoms with E-state index in [0.717, 1.165) is 45.0 Å². The van der Waals surface area contributed by atoms with E-state index in [1.165, 1.54) is 5.57 Å². The fourth-order valence-electron chi connectivity index (χ4n) is 1.81. The summed E-state index contributed by atoms with van der Waals surface area (Å²) in [6, 6.07) is 0. The SMILES string of the molecule is Cn1ccnc1CNCCC1=CCOCC1. The summed E-state index contributed by atoms with van der Waals surface area (Å²) in [6.07, 6.45) is 8.21. The van der Waals surface area contributed by atoms with Crippen molar-refractivity contribution in [2.75, 3.05) is 19.8 Å². The van der Waals surface area contributed by atoms with Crippen molar-refractivity contribution in [1.82, 2.24) is 14.9 Å². The second-order valence-corrected chi connectivity index (χ2v) is 4.07. The summed E-state index contributed by atoms with van der Waals surface area (Å²) in [5, 5.41) is 3.41. The van der Waals surface area contributed by atoms with Crippen LogP contribution in [0.15, 0.2) is 24.0 Å². The Morgan fingerprint density at radius 2 is 2.50 bits per heavy atom. The molecule has 0 atom stereocenters. The van der Waals surface area contributed by atoms with Gasteiger partial charge in [0.1, 0.15) is 5.82 Å². The Kier molecular flexibility index (Phi) is 4.13. The van der Waals surface area contributed by atoms with Crippen LogP contribution in [-0.4, -0.2) is 29.3 Å². The van der Waals surface area contributed by atoms with E-state index >= 15 is 0 Å². The van der Waals surface area contributed by atoms with Crippen LogP contribution in [0.2, 0.25) is 0 Å². The van der Waals surface area contributed by atoms with Crippen LogP contribution in [0.1, 0.15) is 18.7 Å². The summed E-state index contributed by atoms with van der Waals surface area (Å²) in [4.78, 5) is 4.27. The monoisotopic (exact) mass is 221 g/mol. The number of ether oxygens (including phenoxy) is 1. The fraction of sp³-hybridized carbons (Fsp3) is 0.583.